The second-order valence-electron chi connectivity index (χ2n) is 5.75. The Bertz CT molecular complexity index is 725. The average Bonchev–Trinajstić information content (AvgIpc) is 2.95. The third-order valence-corrected chi connectivity index (χ3v) is 3.95. The fourth-order valence-electron chi connectivity index (χ4n) is 2.80. The van der Waals surface area contributed by atoms with E-state index in [1.807, 2.05) is 19.9 Å². The fraction of sp³-hybridized carbons (Fsp3) is 0.375. The average molecular weight is 302 g/mol. The van der Waals surface area contributed by atoms with Crippen molar-refractivity contribution in [2.24, 2.45) is 0 Å². The summed E-state index contributed by atoms with van der Waals surface area (Å²) in [6, 6.07) is 6.50. The van der Waals surface area contributed by atoms with Crippen LogP contribution in [0.1, 0.15) is 17.8 Å². The Hall–Kier alpha value is -2.37. The number of likely N-dealkylation sites (N-methyl/N-ethyl adjacent to an activating group) is 1. The first-order chi connectivity index (χ1) is 10.5. The number of aryl methyl sites for hydroxylation is 2. The quantitative estimate of drug-likeness (QED) is 0.946. The number of hydrogen-bond acceptors (Lipinski definition) is 3. The van der Waals surface area contributed by atoms with E-state index in [-0.39, 0.29) is 17.8 Å². The first-order valence-electron chi connectivity index (χ1n) is 7.30. The van der Waals surface area contributed by atoms with Crippen LogP contribution in [0.3, 0.4) is 0 Å². The maximum Gasteiger partial charge on any atom is 0.244 e. The van der Waals surface area contributed by atoms with E-state index in [1.54, 1.807) is 28.8 Å². The molecule has 1 unspecified atom stereocenters. The Morgan fingerprint density at radius 2 is 2.09 bits per heavy atom. The van der Waals surface area contributed by atoms with E-state index < -0.39 is 0 Å². The van der Waals surface area contributed by atoms with E-state index in [1.165, 1.54) is 6.07 Å². The van der Waals surface area contributed by atoms with Crippen molar-refractivity contribution in [3.05, 3.63) is 41.5 Å². The lowest BCUT2D eigenvalue weighted by Crippen LogP contribution is -2.30. The molecule has 2 aromatic rings. The number of hydrogen-bond donors (Lipinski definition) is 1. The van der Waals surface area contributed by atoms with Gasteiger partial charge in [0.2, 0.25) is 5.91 Å². The highest BCUT2D eigenvalue weighted by Crippen LogP contribution is 2.22. The Balaban J connectivity index is 1.84. The van der Waals surface area contributed by atoms with Crippen LogP contribution in [0.15, 0.2) is 24.3 Å². The minimum Gasteiger partial charge on any atom is -0.374 e. The number of benzene rings is 1. The van der Waals surface area contributed by atoms with E-state index in [4.69, 9.17) is 0 Å². The van der Waals surface area contributed by atoms with E-state index in [0.717, 1.165) is 24.4 Å². The molecule has 1 N–H and O–H groups in total. The highest BCUT2D eigenvalue weighted by Gasteiger charge is 2.28. The number of aromatic nitrogens is 2. The number of nitrogens with zero attached hydrogens (tertiary/aromatic N) is 3. The predicted molar refractivity (Wildman–Crippen MR) is 82.7 cm³/mol. The largest absolute Gasteiger partial charge is 0.374 e. The molecule has 0 saturated carbocycles. The number of likely N-dealkylation sites (tertiary alicyclic amines) is 1. The van der Waals surface area contributed by atoms with Gasteiger partial charge in [0.1, 0.15) is 11.7 Å². The van der Waals surface area contributed by atoms with Crippen molar-refractivity contribution in [3.8, 4) is 5.69 Å². The molecule has 22 heavy (non-hydrogen) atoms. The van der Waals surface area contributed by atoms with E-state index in [9.17, 15) is 9.18 Å². The highest BCUT2D eigenvalue weighted by molar-refractivity contribution is 5.86. The van der Waals surface area contributed by atoms with Crippen LogP contribution in [0.5, 0.6) is 0 Å². The molecule has 3 rings (SSSR count). The molecule has 6 heteroatoms. The maximum absolute atomic E-state index is 14.4. The number of carbonyl (C=O) groups is 1. The topological polar surface area (TPSA) is 50.2 Å². The van der Waals surface area contributed by atoms with Gasteiger partial charge in [0.25, 0.3) is 0 Å². The molecule has 1 aromatic heterocycles. The number of halogens is 1. The van der Waals surface area contributed by atoms with Gasteiger partial charge in [0.05, 0.1) is 5.69 Å². The van der Waals surface area contributed by atoms with E-state index >= 15 is 0 Å². The molecular formula is C16H19FN4O. The first kappa shape index (κ1) is 14.6. The SMILES string of the molecule is Cc1cc(C)n(-c2ccc(NC3CCN(C)C3=O)cc2F)n1. The summed E-state index contributed by atoms with van der Waals surface area (Å²) in [5, 5.41) is 7.39. The van der Waals surface area contributed by atoms with Crippen molar-refractivity contribution in [2.45, 2.75) is 26.3 Å². The smallest absolute Gasteiger partial charge is 0.244 e. The number of rotatable bonds is 3. The van der Waals surface area contributed by atoms with Crippen LogP contribution in [0.4, 0.5) is 10.1 Å². The summed E-state index contributed by atoms with van der Waals surface area (Å²) in [6.45, 7) is 4.49. The Labute approximate surface area is 128 Å². The van der Waals surface area contributed by atoms with Gasteiger partial charge in [-0.1, -0.05) is 0 Å². The van der Waals surface area contributed by atoms with Crippen molar-refractivity contribution in [1.82, 2.24) is 14.7 Å². The van der Waals surface area contributed by atoms with Gasteiger partial charge >= 0.3 is 0 Å². The fourth-order valence-corrected chi connectivity index (χ4v) is 2.80. The number of carbonyl (C=O) groups excluding carboxylic acids is 1. The normalized spacial score (nSPS) is 18.1. The highest BCUT2D eigenvalue weighted by atomic mass is 19.1. The zero-order valence-corrected chi connectivity index (χ0v) is 12.9. The number of nitrogens with one attached hydrogen (secondary N) is 1. The maximum atomic E-state index is 14.4. The Morgan fingerprint density at radius 3 is 2.64 bits per heavy atom. The van der Waals surface area contributed by atoms with E-state index in [2.05, 4.69) is 10.4 Å². The molecule has 1 saturated heterocycles. The molecule has 0 aliphatic carbocycles. The number of anilines is 1. The van der Waals surface area contributed by atoms with Crippen molar-refractivity contribution in [2.75, 3.05) is 18.9 Å². The van der Waals surface area contributed by atoms with Gasteiger partial charge in [0, 0.05) is 25.0 Å². The lowest BCUT2D eigenvalue weighted by atomic mass is 10.2. The summed E-state index contributed by atoms with van der Waals surface area (Å²) < 4.78 is 16.0. The molecule has 0 spiro atoms. The number of amides is 1. The van der Waals surface area contributed by atoms with Crippen molar-refractivity contribution >= 4 is 11.6 Å². The molecule has 116 valence electrons. The molecule has 1 aliphatic heterocycles. The lowest BCUT2D eigenvalue weighted by Gasteiger charge is -2.14. The van der Waals surface area contributed by atoms with Crippen LogP contribution in [0.2, 0.25) is 0 Å². The van der Waals surface area contributed by atoms with Crippen molar-refractivity contribution < 1.29 is 9.18 Å². The molecule has 0 radical (unpaired) electrons. The van der Waals surface area contributed by atoms with Gasteiger partial charge < -0.3 is 10.2 Å². The van der Waals surface area contributed by atoms with Crippen LogP contribution in [-0.2, 0) is 4.79 Å². The first-order valence-corrected chi connectivity index (χ1v) is 7.30. The van der Waals surface area contributed by atoms with Gasteiger partial charge in [-0.05, 0) is 44.5 Å². The van der Waals surface area contributed by atoms with Gasteiger partial charge in [-0.3, -0.25) is 4.79 Å². The van der Waals surface area contributed by atoms with Crippen LogP contribution in [-0.4, -0.2) is 40.2 Å². The van der Waals surface area contributed by atoms with Crippen LogP contribution >= 0.6 is 0 Å². The molecule has 2 heterocycles. The monoisotopic (exact) mass is 302 g/mol. The molecule has 0 bridgehead atoms. The van der Waals surface area contributed by atoms with Crippen molar-refractivity contribution in [3.63, 3.8) is 0 Å². The molecular weight excluding hydrogens is 283 g/mol. The Kier molecular flexibility index (Phi) is 3.60. The van der Waals surface area contributed by atoms with Crippen molar-refractivity contribution in [1.29, 1.82) is 0 Å². The molecule has 1 aromatic carbocycles. The molecule has 5 nitrogen and oxygen atoms in total. The molecule has 1 atom stereocenters. The standard InChI is InChI=1S/C16H19FN4O/c1-10-8-11(2)21(19-10)15-5-4-12(9-13(15)17)18-14-6-7-20(3)16(14)22/h4-5,8-9,14,18H,6-7H2,1-3H3. The van der Waals surface area contributed by atoms with E-state index in [0.29, 0.717) is 11.4 Å². The van der Waals surface area contributed by atoms with Gasteiger partial charge in [-0.2, -0.15) is 5.10 Å². The summed E-state index contributed by atoms with van der Waals surface area (Å²) in [4.78, 5) is 13.6. The summed E-state index contributed by atoms with van der Waals surface area (Å²) in [5.41, 5.74) is 2.74. The second kappa shape index (κ2) is 5.44. The Morgan fingerprint density at radius 1 is 1.32 bits per heavy atom. The zero-order chi connectivity index (χ0) is 15.9. The summed E-state index contributed by atoms with van der Waals surface area (Å²) >= 11 is 0. The van der Waals surface area contributed by atoms with Crippen LogP contribution < -0.4 is 5.32 Å². The predicted octanol–water partition coefficient (Wildman–Crippen LogP) is 2.27. The van der Waals surface area contributed by atoms with Gasteiger partial charge in [-0.25, -0.2) is 9.07 Å². The third kappa shape index (κ3) is 2.56. The third-order valence-electron chi connectivity index (χ3n) is 3.95. The molecule has 1 amide bonds. The summed E-state index contributed by atoms with van der Waals surface area (Å²) in [5.74, 6) is -0.321. The van der Waals surface area contributed by atoms with Crippen LogP contribution in [0, 0.1) is 19.7 Å². The minimum atomic E-state index is -0.366. The second-order valence-corrected chi connectivity index (χ2v) is 5.75. The zero-order valence-electron chi connectivity index (χ0n) is 12.9. The molecule has 1 aliphatic rings. The minimum absolute atomic E-state index is 0.0445. The summed E-state index contributed by atoms with van der Waals surface area (Å²) in [7, 11) is 1.77. The lowest BCUT2D eigenvalue weighted by molar-refractivity contribution is -0.127. The summed E-state index contributed by atoms with van der Waals surface area (Å²) in [6.07, 6.45) is 0.732. The van der Waals surface area contributed by atoms with Gasteiger partial charge in [-0.15, -0.1) is 0 Å². The van der Waals surface area contributed by atoms with Gasteiger partial charge in [0.15, 0.2) is 5.82 Å². The molecule has 1 fully saturated rings. The van der Waals surface area contributed by atoms with Crippen LogP contribution in [0.25, 0.3) is 5.69 Å².